The van der Waals surface area contributed by atoms with Crippen LogP contribution in [0.25, 0.3) is 0 Å². The molecule has 1 unspecified atom stereocenters. The summed E-state index contributed by atoms with van der Waals surface area (Å²) in [5.41, 5.74) is 0.0737. The first kappa shape index (κ1) is 15.9. The number of thioether (sulfide) groups is 1. The highest BCUT2D eigenvalue weighted by Gasteiger charge is 2.41. The molecule has 0 radical (unpaired) electrons. The van der Waals surface area contributed by atoms with Crippen LogP contribution < -0.4 is 5.32 Å². The number of morpholine rings is 1. The number of nitrogens with zero attached hydrogens (tertiary/aromatic N) is 1. The second-order valence-corrected chi connectivity index (χ2v) is 7.03. The largest absolute Gasteiger partial charge is 0.456 e. The number of hydrogen-bond donors (Lipinski definition) is 1. The average Bonchev–Trinajstić information content (AvgIpc) is 3.23. The standard InChI is InChI=1S/C16H24N2O3S/c1-2-13-3-4-14(21-13)15(19)17-11-16(5-10-22-12-16)18-6-8-20-9-7-18/h3-4H,2,5-12H2,1H3,(H,17,19). The number of furan rings is 1. The highest BCUT2D eigenvalue weighted by molar-refractivity contribution is 7.99. The Kier molecular flexibility index (Phi) is 5.10. The molecular formula is C16H24N2O3S. The maximum absolute atomic E-state index is 12.3. The number of aryl methyl sites for hydroxylation is 1. The molecule has 0 aromatic carbocycles. The molecule has 0 bridgehead atoms. The summed E-state index contributed by atoms with van der Waals surface area (Å²) >= 11 is 1.97. The summed E-state index contributed by atoms with van der Waals surface area (Å²) in [7, 11) is 0. The van der Waals surface area contributed by atoms with E-state index in [1.165, 1.54) is 0 Å². The molecule has 1 atom stereocenters. The zero-order valence-corrected chi connectivity index (χ0v) is 13.9. The minimum atomic E-state index is -0.107. The number of amides is 1. The fourth-order valence-electron chi connectivity index (χ4n) is 3.16. The predicted molar refractivity (Wildman–Crippen MR) is 87.5 cm³/mol. The van der Waals surface area contributed by atoms with Gasteiger partial charge in [0.1, 0.15) is 5.76 Å². The zero-order chi connectivity index (χ0) is 15.4. The van der Waals surface area contributed by atoms with Crippen molar-refractivity contribution in [3.8, 4) is 0 Å². The fourth-order valence-corrected chi connectivity index (χ4v) is 4.63. The van der Waals surface area contributed by atoms with Gasteiger partial charge >= 0.3 is 0 Å². The topological polar surface area (TPSA) is 54.7 Å². The van der Waals surface area contributed by atoms with Gasteiger partial charge in [0.2, 0.25) is 0 Å². The summed E-state index contributed by atoms with van der Waals surface area (Å²) in [6, 6.07) is 3.64. The molecule has 0 saturated carbocycles. The van der Waals surface area contributed by atoms with E-state index in [0.717, 1.165) is 56.4 Å². The van der Waals surface area contributed by atoms with Crippen LogP contribution in [-0.2, 0) is 11.2 Å². The van der Waals surface area contributed by atoms with Gasteiger partial charge in [-0.05, 0) is 24.3 Å². The van der Waals surface area contributed by atoms with Gasteiger partial charge in [0.25, 0.3) is 5.91 Å². The molecule has 5 nitrogen and oxygen atoms in total. The summed E-state index contributed by atoms with van der Waals surface area (Å²) in [6.07, 6.45) is 1.93. The number of rotatable bonds is 5. The summed E-state index contributed by atoms with van der Waals surface area (Å²) < 4.78 is 11.0. The zero-order valence-electron chi connectivity index (χ0n) is 13.1. The van der Waals surface area contributed by atoms with Gasteiger partial charge in [-0.3, -0.25) is 9.69 Å². The third kappa shape index (κ3) is 3.34. The third-order valence-electron chi connectivity index (χ3n) is 4.58. The minimum Gasteiger partial charge on any atom is -0.456 e. The molecule has 3 rings (SSSR count). The molecule has 0 spiro atoms. The Labute approximate surface area is 135 Å². The Bertz CT molecular complexity index is 505. The number of carbonyl (C=O) groups is 1. The Hall–Kier alpha value is -0.980. The van der Waals surface area contributed by atoms with Crippen molar-refractivity contribution in [1.82, 2.24) is 10.2 Å². The van der Waals surface area contributed by atoms with Gasteiger partial charge < -0.3 is 14.5 Å². The predicted octanol–water partition coefficient (Wildman–Crippen LogP) is 1.78. The molecule has 6 heteroatoms. The van der Waals surface area contributed by atoms with E-state index in [2.05, 4.69) is 10.2 Å². The van der Waals surface area contributed by atoms with Gasteiger partial charge in [0.05, 0.1) is 13.2 Å². The van der Waals surface area contributed by atoms with E-state index < -0.39 is 0 Å². The van der Waals surface area contributed by atoms with E-state index >= 15 is 0 Å². The summed E-state index contributed by atoms with van der Waals surface area (Å²) in [5.74, 6) is 3.40. The van der Waals surface area contributed by atoms with E-state index in [0.29, 0.717) is 12.3 Å². The highest BCUT2D eigenvalue weighted by Crippen LogP contribution is 2.33. The molecule has 1 aromatic rings. The van der Waals surface area contributed by atoms with Gasteiger partial charge in [0, 0.05) is 37.3 Å². The maximum Gasteiger partial charge on any atom is 0.287 e. The van der Waals surface area contributed by atoms with Crippen LogP contribution in [-0.4, -0.2) is 60.7 Å². The van der Waals surface area contributed by atoms with Gasteiger partial charge in [-0.15, -0.1) is 0 Å². The molecule has 1 aromatic heterocycles. The van der Waals surface area contributed by atoms with E-state index in [4.69, 9.17) is 9.15 Å². The van der Waals surface area contributed by atoms with Crippen LogP contribution >= 0.6 is 11.8 Å². The van der Waals surface area contributed by atoms with Crippen molar-refractivity contribution in [1.29, 1.82) is 0 Å². The molecule has 2 saturated heterocycles. The van der Waals surface area contributed by atoms with Crippen LogP contribution in [0.4, 0.5) is 0 Å². The van der Waals surface area contributed by atoms with E-state index in [9.17, 15) is 4.79 Å². The van der Waals surface area contributed by atoms with Crippen LogP contribution in [0.15, 0.2) is 16.5 Å². The molecule has 2 aliphatic rings. The van der Waals surface area contributed by atoms with Crippen LogP contribution in [0, 0.1) is 0 Å². The van der Waals surface area contributed by atoms with Crippen molar-refractivity contribution in [2.45, 2.75) is 25.3 Å². The number of carbonyl (C=O) groups excluding carboxylic acids is 1. The lowest BCUT2D eigenvalue weighted by atomic mass is 9.95. The lowest BCUT2D eigenvalue weighted by Crippen LogP contribution is -2.59. The van der Waals surface area contributed by atoms with Crippen LogP contribution in [0.3, 0.4) is 0 Å². The summed E-state index contributed by atoms with van der Waals surface area (Å²) in [6.45, 7) is 6.19. The van der Waals surface area contributed by atoms with Crippen molar-refractivity contribution in [3.63, 3.8) is 0 Å². The normalized spacial score (nSPS) is 26.2. The Morgan fingerprint density at radius 2 is 2.23 bits per heavy atom. The van der Waals surface area contributed by atoms with Crippen LogP contribution in [0.5, 0.6) is 0 Å². The summed E-state index contributed by atoms with van der Waals surface area (Å²) in [4.78, 5) is 14.8. The van der Waals surface area contributed by atoms with Crippen LogP contribution in [0.2, 0.25) is 0 Å². The SMILES string of the molecule is CCc1ccc(C(=O)NCC2(N3CCOCC3)CCSC2)o1. The van der Waals surface area contributed by atoms with Crippen LogP contribution in [0.1, 0.15) is 29.7 Å². The van der Waals surface area contributed by atoms with Gasteiger partial charge in [-0.1, -0.05) is 6.92 Å². The smallest absolute Gasteiger partial charge is 0.287 e. The number of nitrogens with one attached hydrogen (secondary N) is 1. The van der Waals surface area contributed by atoms with Gasteiger partial charge in [0.15, 0.2) is 5.76 Å². The first-order chi connectivity index (χ1) is 10.7. The number of ether oxygens (including phenoxy) is 1. The summed E-state index contributed by atoms with van der Waals surface area (Å²) in [5, 5.41) is 3.09. The molecule has 22 heavy (non-hydrogen) atoms. The van der Waals surface area contributed by atoms with E-state index in [1.807, 2.05) is 24.8 Å². The Balaban J connectivity index is 1.62. The molecule has 0 aliphatic carbocycles. The molecule has 3 heterocycles. The molecule has 122 valence electrons. The molecule has 2 aliphatic heterocycles. The molecule has 1 amide bonds. The molecule has 1 N–H and O–H groups in total. The Morgan fingerprint density at radius 3 is 2.86 bits per heavy atom. The number of hydrogen-bond acceptors (Lipinski definition) is 5. The van der Waals surface area contributed by atoms with Crippen molar-refractivity contribution in [2.24, 2.45) is 0 Å². The first-order valence-electron chi connectivity index (χ1n) is 8.01. The fraction of sp³-hybridized carbons (Fsp3) is 0.688. The van der Waals surface area contributed by atoms with E-state index in [-0.39, 0.29) is 11.4 Å². The lowest BCUT2D eigenvalue weighted by molar-refractivity contribution is -0.0129. The van der Waals surface area contributed by atoms with Crippen molar-refractivity contribution >= 4 is 17.7 Å². The maximum atomic E-state index is 12.3. The van der Waals surface area contributed by atoms with Crippen molar-refractivity contribution in [2.75, 3.05) is 44.4 Å². The highest BCUT2D eigenvalue weighted by atomic mass is 32.2. The van der Waals surface area contributed by atoms with Crippen molar-refractivity contribution in [3.05, 3.63) is 23.7 Å². The second kappa shape index (κ2) is 7.06. The van der Waals surface area contributed by atoms with Gasteiger partial charge in [-0.2, -0.15) is 11.8 Å². The monoisotopic (exact) mass is 324 g/mol. The van der Waals surface area contributed by atoms with Gasteiger partial charge in [-0.25, -0.2) is 0 Å². The molecule has 2 fully saturated rings. The average molecular weight is 324 g/mol. The van der Waals surface area contributed by atoms with E-state index in [1.54, 1.807) is 6.07 Å². The lowest BCUT2D eigenvalue weighted by Gasteiger charge is -2.42. The van der Waals surface area contributed by atoms with Crippen molar-refractivity contribution < 1.29 is 13.9 Å². The quantitative estimate of drug-likeness (QED) is 0.895. The third-order valence-corrected chi connectivity index (χ3v) is 5.81. The second-order valence-electron chi connectivity index (χ2n) is 5.93. The Morgan fingerprint density at radius 1 is 1.41 bits per heavy atom. The molecular weight excluding hydrogens is 300 g/mol. The first-order valence-corrected chi connectivity index (χ1v) is 9.16. The minimum absolute atomic E-state index is 0.0737.